The summed E-state index contributed by atoms with van der Waals surface area (Å²) in [6, 6.07) is 21.9. The number of anilines is 2. The highest BCUT2D eigenvalue weighted by atomic mass is 35.5. The molecule has 1 aliphatic rings. The second kappa shape index (κ2) is 9.01. The van der Waals surface area contributed by atoms with Gasteiger partial charge in [0, 0.05) is 16.4 Å². The van der Waals surface area contributed by atoms with Crippen LogP contribution in [0.5, 0.6) is 0 Å². The van der Waals surface area contributed by atoms with Gasteiger partial charge in [0.1, 0.15) is 12.6 Å². The van der Waals surface area contributed by atoms with Gasteiger partial charge in [-0.2, -0.15) is 0 Å². The summed E-state index contributed by atoms with van der Waals surface area (Å²) in [6.45, 7) is 5.88. The largest absolute Gasteiger partial charge is 0.301 e. The zero-order chi connectivity index (χ0) is 22.8. The van der Waals surface area contributed by atoms with E-state index in [-0.39, 0.29) is 18.4 Å². The van der Waals surface area contributed by atoms with Crippen LogP contribution in [0.1, 0.15) is 23.6 Å². The van der Waals surface area contributed by atoms with E-state index in [0.29, 0.717) is 10.7 Å². The Bertz CT molecular complexity index is 1190. The van der Waals surface area contributed by atoms with Crippen molar-refractivity contribution >= 4 is 40.9 Å². The molecular weight excluding hydrogens is 420 g/mol. The molecule has 3 aromatic carbocycles. The molecule has 0 N–H and O–H groups in total. The van der Waals surface area contributed by atoms with Crippen molar-refractivity contribution < 1.29 is 9.59 Å². The molecule has 162 valence electrons. The Labute approximate surface area is 193 Å². The lowest BCUT2D eigenvalue weighted by Crippen LogP contribution is -2.61. The highest BCUT2D eigenvalue weighted by Crippen LogP contribution is 2.32. The van der Waals surface area contributed by atoms with E-state index >= 15 is 0 Å². The van der Waals surface area contributed by atoms with E-state index in [0.717, 1.165) is 28.0 Å². The number of aryl methyl sites for hydroxylation is 1. The molecular formula is C27H25ClN2O2. The molecule has 1 atom stereocenters. The fourth-order valence-corrected chi connectivity index (χ4v) is 4.23. The maximum absolute atomic E-state index is 13.9. The highest BCUT2D eigenvalue weighted by Gasteiger charge is 2.42. The molecule has 1 unspecified atom stereocenters. The first-order chi connectivity index (χ1) is 15.4. The predicted molar refractivity (Wildman–Crippen MR) is 131 cm³/mol. The Kier molecular flexibility index (Phi) is 6.15. The molecule has 0 spiro atoms. The normalized spacial score (nSPS) is 17.1. The summed E-state index contributed by atoms with van der Waals surface area (Å²) in [5, 5.41) is 0.578. The van der Waals surface area contributed by atoms with Crippen LogP contribution in [-0.2, 0) is 9.59 Å². The molecule has 5 heteroatoms. The van der Waals surface area contributed by atoms with E-state index in [9.17, 15) is 9.59 Å². The van der Waals surface area contributed by atoms with Crippen LogP contribution in [0, 0.1) is 13.8 Å². The molecule has 1 saturated heterocycles. The average Bonchev–Trinajstić information content (AvgIpc) is 2.78. The van der Waals surface area contributed by atoms with Crippen molar-refractivity contribution in [1.82, 2.24) is 0 Å². The van der Waals surface area contributed by atoms with Crippen molar-refractivity contribution in [1.29, 1.82) is 0 Å². The summed E-state index contributed by atoms with van der Waals surface area (Å²) >= 11 is 6.07. The maximum Gasteiger partial charge on any atom is 0.254 e. The van der Waals surface area contributed by atoms with Gasteiger partial charge in [0.25, 0.3) is 5.91 Å². The fourth-order valence-electron chi connectivity index (χ4n) is 4.11. The van der Waals surface area contributed by atoms with Crippen molar-refractivity contribution in [2.24, 2.45) is 0 Å². The van der Waals surface area contributed by atoms with Crippen molar-refractivity contribution in [3.8, 4) is 0 Å². The van der Waals surface area contributed by atoms with Gasteiger partial charge in [-0.25, -0.2) is 0 Å². The van der Waals surface area contributed by atoms with E-state index in [1.807, 2.05) is 75.4 Å². The molecule has 0 aromatic heterocycles. The summed E-state index contributed by atoms with van der Waals surface area (Å²) in [6.07, 6.45) is 1.96. The lowest BCUT2D eigenvalue weighted by Gasteiger charge is -2.41. The van der Waals surface area contributed by atoms with Gasteiger partial charge >= 0.3 is 0 Å². The lowest BCUT2D eigenvalue weighted by atomic mass is 9.97. The summed E-state index contributed by atoms with van der Waals surface area (Å²) in [4.78, 5) is 30.5. The minimum absolute atomic E-state index is 0.0130. The molecule has 1 fully saturated rings. The van der Waals surface area contributed by atoms with Crippen LogP contribution in [0.3, 0.4) is 0 Å². The molecule has 32 heavy (non-hydrogen) atoms. The van der Waals surface area contributed by atoms with Gasteiger partial charge < -0.3 is 4.90 Å². The number of halogens is 1. The molecule has 0 aliphatic carbocycles. The average molecular weight is 445 g/mol. The molecule has 2 amide bonds. The van der Waals surface area contributed by atoms with Crippen LogP contribution in [0.25, 0.3) is 6.08 Å². The Morgan fingerprint density at radius 2 is 1.62 bits per heavy atom. The standard InChI is InChI=1S/C27H25ClN2O2/c1-18-8-7-11-24(20(18)3)29-17-25(31)30(23-14-12-22(28)13-15-23)26(27(29)32)19(2)16-21-9-5-4-6-10-21/h4-16,26H,17H2,1-3H3. The molecule has 4 rings (SSSR count). The number of carbonyl (C=O) groups excluding carboxylic acids is 2. The van der Waals surface area contributed by atoms with Crippen molar-refractivity contribution in [3.05, 3.63) is 100 Å². The summed E-state index contributed by atoms with van der Waals surface area (Å²) in [7, 11) is 0. The zero-order valence-corrected chi connectivity index (χ0v) is 19.1. The summed E-state index contributed by atoms with van der Waals surface area (Å²) in [5.41, 5.74) is 5.27. The number of amides is 2. The molecule has 1 heterocycles. The number of hydrogen-bond acceptors (Lipinski definition) is 2. The monoisotopic (exact) mass is 444 g/mol. The molecule has 0 radical (unpaired) electrons. The minimum atomic E-state index is -0.752. The number of nitrogens with zero attached hydrogens (tertiary/aromatic N) is 2. The van der Waals surface area contributed by atoms with Crippen LogP contribution < -0.4 is 9.80 Å². The second-order valence-corrected chi connectivity index (χ2v) is 8.52. The second-order valence-electron chi connectivity index (χ2n) is 8.09. The van der Waals surface area contributed by atoms with Crippen LogP contribution in [-0.4, -0.2) is 24.4 Å². The third kappa shape index (κ3) is 4.19. The number of rotatable bonds is 4. The predicted octanol–water partition coefficient (Wildman–Crippen LogP) is 5.81. The van der Waals surface area contributed by atoms with E-state index in [4.69, 9.17) is 11.6 Å². The number of carbonyl (C=O) groups is 2. The molecule has 1 aliphatic heterocycles. The number of piperazine rings is 1. The zero-order valence-electron chi connectivity index (χ0n) is 18.4. The fraction of sp³-hybridized carbons (Fsp3) is 0.185. The Balaban J connectivity index is 1.82. The van der Waals surface area contributed by atoms with Gasteiger partial charge in [-0.05, 0) is 73.4 Å². The van der Waals surface area contributed by atoms with Gasteiger partial charge in [-0.15, -0.1) is 0 Å². The first-order valence-electron chi connectivity index (χ1n) is 10.6. The third-order valence-electron chi connectivity index (χ3n) is 5.92. The smallest absolute Gasteiger partial charge is 0.254 e. The molecule has 4 nitrogen and oxygen atoms in total. The first kappa shape index (κ1) is 21.8. The van der Waals surface area contributed by atoms with Crippen molar-refractivity contribution in [2.75, 3.05) is 16.3 Å². The van der Waals surface area contributed by atoms with E-state index in [1.165, 1.54) is 0 Å². The van der Waals surface area contributed by atoms with Gasteiger partial charge in [0.2, 0.25) is 5.91 Å². The Morgan fingerprint density at radius 3 is 2.31 bits per heavy atom. The van der Waals surface area contributed by atoms with E-state index < -0.39 is 6.04 Å². The van der Waals surface area contributed by atoms with Gasteiger partial charge in [0.05, 0.1) is 0 Å². The first-order valence-corrected chi connectivity index (χ1v) is 10.9. The van der Waals surface area contributed by atoms with Crippen LogP contribution >= 0.6 is 11.6 Å². The third-order valence-corrected chi connectivity index (χ3v) is 6.17. The van der Waals surface area contributed by atoms with Gasteiger partial charge in [0.15, 0.2) is 0 Å². The number of hydrogen-bond donors (Lipinski definition) is 0. The maximum atomic E-state index is 13.9. The summed E-state index contributed by atoms with van der Waals surface area (Å²) < 4.78 is 0. The van der Waals surface area contributed by atoms with Gasteiger partial charge in [-0.3, -0.25) is 14.5 Å². The topological polar surface area (TPSA) is 40.6 Å². The minimum Gasteiger partial charge on any atom is -0.301 e. The van der Waals surface area contributed by atoms with Crippen LogP contribution in [0.4, 0.5) is 11.4 Å². The Hall–Kier alpha value is -3.37. The van der Waals surface area contributed by atoms with E-state index in [2.05, 4.69) is 0 Å². The molecule has 3 aromatic rings. The number of benzene rings is 3. The SMILES string of the molecule is CC(=Cc1ccccc1)C1C(=O)N(c2cccc(C)c2C)CC(=O)N1c1ccc(Cl)cc1. The Morgan fingerprint density at radius 1 is 0.938 bits per heavy atom. The van der Waals surface area contributed by atoms with Crippen molar-refractivity contribution in [2.45, 2.75) is 26.8 Å². The van der Waals surface area contributed by atoms with E-state index in [1.54, 1.807) is 34.1 Å². The highest BCUT2D eigenvalue weighted by molar-refractivity contribution is 6.30. The van der Waals surface area contributed by atoms with Gasteiger partial charge in [-0.1, -0.05) is 60.1 Å². The van der Waals surface area contributed by atoms with Crippen molar-refractivity contribution in [3.63, 3.8) is 0 Å². The quantitative estimate of drug-likeness (QED) is 0.509. The molecule has 0 saturated carbocycles. The summed E-state index contributed by atoms with van der Waals surface area (Å²) in [5.74, 6) is -0.267. The lowest BCUT2D eigenvalue weighted by molar-refractivity contribution is -0.127. The molecule has 0 bridgehead atoms. The van der Waals surface area contributed by atoms with Crippen LogP contribution in [0.15, 0.2) is 78.4 Å². The van der Waals surface area contributed by atoms with Crippen LogP contribution in [0.2, 0.25) is 5.02 Å².